The van der Waals surface area contributed by atoms with Crippen molar-refractivity contribution in [3.05, 3.63) is 58.4 Å². The standard InChI is InChI=1S/C21H23N3O4/c1-3-4-11-28-21(26)22-13-14-5-7-15(8-6-14)19-17-10-9-16(27-2)12-18(17)20(25)24-23-19/h5-10,12H,3-4,11,13H2,1-2H3,(H,22,26)(H,24,25). The molecule has 2 N–H and O–H groups in total. The van der Waals surface area contributed by atoms with Crippen LogP contribution in [0.4, 0.5) is 4.79 Å². The highest BCUT2D eigenvalue weighted by Crippen LogP contribution is 2.27. The summed E-state index contributed by atoms with van der Waals surface area (Å²) in [6.45, 7) is 2.85. The molecule has 0 aliphatic carbocycles. The molecular formula is C21H23N3O4. The van der Waals surface area contributed by atoms with Gasteiger partial charge in [-0.05, 0) is 30.2 Å². The summed E-state index contributed by atoms with van der Waals surface area (Å²) in [4.78, 5) is 23.7. The number of alkyl carbamates (subject to hydrolysis) is 1. The average molecular weight is 381 g/mol. The zero-order valence-electron chi connectivity index (χ0n) is 16.0. The molecule has 7 nitrogen and oxygen atoms in total. The minimum Gasteiger partial charge on any atom is -0.497 e. The fraction of sp³-hybridized carbons (Fsp3) is 0.286. The van der Waals surface area contributed by atoms with Crippen LogP contribution >= 0.6 is 0 Å². The van der Waals surface area contributed by atoms with E-state index in [-0.39, 0.29) is 5.56 Å². The average Bonchev–Trinajstić information content (AvgIpc) is 2.73. The van der Waals surface area contributed by atoms with Crippen LogP contribution in [0.15, 0.2) is 47.3 Å². The number of nitrogens with one attached hydrogen (secondary N) is 2. The summed E-state index contributed by atoms with van der Waals surface area (Å²) >= 11 is 0. The molecule has 0 spiro atoms. The van der Waals surface area contributed by atoms with Crippen molar-refractivity contribution in [1.82, 2.24) is 15.5 Å². The van der Waals surface area contributed by atoms with E-state index >= 15 is 0 Å². The Kier molecular flexibility index (Phi) is 6.26. The van der Waals surface area contributed by atoms with Gasteiger partial charge in [-0.1, -0.05) is 37.6 Å². The topological polar surface area (TPSA) is 93.3 Å². The van der Waals surface area contributed by atoms with Gasteiger partial charge in [0.05, 0.1) is 24.8 Å². The molecule has 0 saturated heterocycles. The molecule has 0 atom stereocenters. The molecule has 146 valence electrons. The molecule has 1 heterocycles. The van der Waals surface area contributed by atoms with Crippen LogP contribution in [0.5, 0.6) is 5.75 Å². The van der Waals surface area contributed by atoms with Crippen molar-refractivity contribution >= 4 is 16.9 Å². The minimum absolute atomic E-state index is 0.264. The van der Waals surface area contributed by atoms with E-state index < -0.39 is 6.09 Å². The van der Waals surface area contributed by atoms with Gasteiger partial charge in [-0.15, -0.1) is 0 Å². The Morgan fingerprint density at radius 3 is 2.64 bits per heavy atom. The molecule has 1 aromatic heterocycles. The van der Waals surface area contributed by atoms with Crippen LogP contribution in [0.25, 0.3) is 22.0 Å². The van der Waals surface area contributed by atoms with Gasteiger partial charge in [0.25, 0.3) is 5.56 Å². The fourth-order valence-corrected chi connectivity index (χ4v) is 2.81. The Morgan fingerprint density at radius 2 is 1.93 bits per heavy atom. The third-order valence-electron chi connectivity index (χ3n) is 4.39. The molecule has 2 aromatic carbocycles. The first-order valence-electron chi connectivity index (χ1n) is 9.18. The number of rotatable bonds is 7. The molecule has 0 bridgehead atoms. The first-order valence-corrected chi connectivity index (χ1v) is 9.18. The summed E-state index contributed by atoms with van der Waals surface area (Å²) in [6.07, 6.45) is 1.42. The molecule has 1 amide bonds. The van der Waals surface area contributed by atoms with Gasteiger partial charge in [-0.2, -0.15) is 5.10 Å². The second-order valence-electron chi connectivity index (χ2n) is 6.35. The third-order valence-corrected chi connectivity index (χ3v) is 4.39. The van der Waals surface area contributed by atoms with E-state index in [4.69, 9.17) is 9.47 Å². The molecule has 0 aliphatic heterocycles. The van der Waals surface area contributed by atoms with Gasteiger partial charge in [0.1, 0.15) is 5.75 Å². The Labute approximate surface area is 162 Å². The van der Waals surface area contributed by atoms with Crippen LogP contribution in [0, 0.1) is 0 Å². The molecule has 3 aromatic rings. The number of benzene rings is 2. The Hall–Kier alpha value is -3.35. The number of H-pyrrole nitrogens is 1. The summed E-state index contributed by atoms with van der Waals surface area (Å²) < 4.78 is 10.3. The molecule has 0 radical (unpaired) electrons. The molecule has 3 rings (SSSR count). The van der Waals surface area contributed by atoms with E-state index in [1.165, 1.54) is 0 Å². The van der Waals surface area contributed by atoms with E-state index in [0.717, 1.165) is 29.4 Å². The van der Waals surface area contributed by atoms with Gasteiger partial charge >= 0.3 is 6.09 Å². The van der Waals surface area contributed by atoms with Crippen LogP contribution < -0.4 is 15.6 Å². The number of methoxy groups -OCH3 is 1. The molecular weight excluding hydrogens is 358 g/mol. The van der Waals surface area contributed by atoms with Gasteiger partial charge in [0, 0.05) is 17.5 Å². The number of hydrogen-bond acceptors (Lipinski definition) is 5. The largest absolute Gasteiger partial charge is 0.497 e. The second kappa shape index (κ2) is 9.03. The van der Waals surface area contributed by atoms with E-state index in [9.17, 15) is 9.59 Å². The summed E-state index contributed by atoms with van der Waals surface area (Å²) in [5.74, 6) is 0.613. The monoisotopic (exact) mass is 381 g/mol. The first-order chi connectivity index (χ1) is 13.6. The highest BCUT2D eigenvalue weighted by Gasteiger charge is 2.10. The van der Waals surface area contributed by atoms with Gasteiger partial charge in [0.15, 0.2) is 0 Å². The Balaban J connectivity index is 1.76. The molecule has 0 unspecified atom stereocenters. The first kappa shape index (κ1) is 19.4. The SMILES string of the molecule is CCCCOC(=O)NCc1ccc(-c2n[nH]c(=O)c3cc(OC)ccc23)cc1. The molecule has 7 heteroatoms. The lowest BCUT2D eigenvalue weighted by Crippen LogP contribution is -2.24. The van der Waals surface area contributed by atoms with E-state index in [0.29, 0.717) is 30.0 Å². The lowest BCUT2D eigenvalue weighted by Gasteiger charge is -2.09. The number of aromatic nitrogens is 2. The van der Waals surface area contributed by atoms with Gasteiger partial charge in [-0.3, -0.25) is 4.79 Å². The van der Waals surface area contributed by atoms with Crippen LogP contribution in [0.3, 0.4) is 0 Å². The zero-order valence-corrected chi connectivity index (χ0v) is 16.0. The number of carbonyl (C=O) groups excluding carboxylic acids is 1. The minimum atomic E-state index is -0.417. The predicted octanol–water partition coefficient (Wildman–Crippen LogP) is 3.63. The summed E-state index contributed by atoms with van der Waals surface area (Å²) in [6, 6.07) is 13.0. The van der Waals surface area contributed by atoms with Crippen LogP contribution in [-0.4, -0.2) is 30.0 Å². The maximum absolute atomic E-state index is 12.1. The van der Waals surface area contributed by atoms with Gasteiger partial charge < -0.3 is 14.8 Å². The second-order valence-corrected chi connectivity index (χ2v) is 6.35. The number of carbonyl (C=O) groups is 1. The normalized spacial score (nSPS) is 10.6. The van der Waals surface area contributed by atoms with E-state index in [2.05, 4.69) is 15.5 Å². The smallest absolute Gasteiger partial charge is 0.407 e. The van der Waals surface area contributed by atoms with Crippen molar-refractivity contribution in [1.29, 1.82) is 0 Å². The zero-order chi connectivity index (χ0) is 19.9. The lowest BCUT2D eigenvalue weighted by atomic mass is 10.0. The highest BCUT2D eigenvalue weighted by atomic mass is 16.5. The molecule has 28 heavy (non-hydrogen) atoms. The summed E-state index contributed by atoms with van der Waals surface area (Å²) in [5, 5.41) is 10.7. The molecule has 0 aliphatic rings. The Morgan fingerprint density at radius 1 is 1.14 bits per heavy atom. The quantitative estimate of drug-likeness (QED) is 0.610. The Bertz CT molecular complexity index is 1010. The number of hydrogen-bond donors (Lipinski definition) is 2. The van der Waals surface area contributed by atoms with Gasteiger partial charge in [0.2, 0.25) is 0 Å². The number of aromatic amines is 1. The number of fused-ring (bicyclic) bond motifs is 1. The summed E-state index contributed by atoms with van der Waals surface area (Å²) in [5.41, 5.74) is 2.21. The lowest BCUT2D eigenvalue weighted by molar-refractivity contribution is 0.144. The molecule has 0 fully saturated rings. The van der Waals surface area contributed by atoms with Crippen molar-refractivity contribution < 1.29 is 14.3 Å². The van der Waals surface area contributed by atoms with Gasteiger partial charge in [-0.25, -0.2) is 9.89 Å². The number of ether oxygens (including phenoxy) is 2. The maximum Gasteiger partial charge on any atom is 0.407 e. The van der Waals surface area contributed by atoms with Crippen molar-refractivity contribution in [2.75, 3.05) is 13.7 Å². The molecule has 0 saturated carbocycles. The van der Waals surface area contributed by atoms with E-state index in [1.54, 1.807) is 19.2 Å². The fourth-order valence-electron chi connectivity index (χ4n) is 2.81. The van der Waals surface area contributed by atoms with Crippen molar-refractivity contribution in [2.45, 2.75) is 26.3 Å². The van der Waals surface area contributed by atoms with Crippen LogP contribution in [-0.2, 0) is 11.3 Å². The van der Waals surface area contributed by atoms with Crippen molar-refractivity contribution in [2.24, 2.45) is 0 Å². The predicted molar refractivity (Wildman–Crippen MR) is 107 cm³/mol. The van der Waals surface area contributed by atoms with Crippen molar-refractivity contribution in [3.8, 4) is 17.0 Å². The highest BCUT2D eigenvalue weighted by molar-refractivity contribution is 5.94. The van der Waals surface area contributed by atoms with Crippen molar-refractivity contribution in [3.63, 3.8) is 0 Å². The van der Waals surface area contributed by atoms with E-state index in [1.807, 2.05) is 37.3 Å². The third kappa shape index (κ3) is 4.49. The summed E-state index contributed by atoms with van der Waals surface area (Å²) in [7, 11) is 1.56. The van der Waals surface area contributed by atoms with Crippen LogP contribution in [0.2, 0.25) is 0 Å². The number of amides is 1. The number of unbranched alkanes of at least 4 members (excludes halogenated alkanes) is 1. The number of nitrogens with zero attached hydrogens (tertiary/aromatic N) is 1. The van der Waals surface area contributed by atoms with Crippen LogP contribution in [0.1, 0.15) is 25.3 Å². The maximum atomic E-state index is 12.1.